The molecule has 0 saturated carbocycles. The van der Waals surface area contributed by atoms with Crippen molar-refractivity contribution < 1.29 is 9.13 Å². The number of halogens is 1. The summed E-state index contributed by atoms with van der Waals surface area (Å²) >= 11 is 0. The van der Waals surface area contributed by atoms with E-state index in [1.54, 1.807) is 24.3 Å². The predicted octanol–water partition coefficient (Wildman–Crippen LogP) is 2.48. The lowest BCUT2D eigenvalue weighted by molar-refractivity contribution is 0.398. The minimum Gasteiger partial charge on any atom is -0.481 e. The van der Waals surface area contributed by atoms with Crippen molar-refractivity contribution in [2.24, 2.45) is 0 Å². The van der Waals surface area contributed by atoms with E-state index in [9.17, 15) is 4.39 Å². The molecular formula is C12H11FN2O. The first kappa shape index (κ1) is 10.4. The number of ether oxygens (including phenoxy) is 1. The maximum Gasteiger partial charge on any atom is 0.213 e. The number of anilines is 1. The van der Waals surface area contributed by atoms with Gasteiger partial charge >= 0.3 is 0 Å². The van der Waals surface area contributed by atoms with Gasteiger partial charge in [0.15, 0.2) is 0 Å². The van der Waals surface area contributed by atoms with Crippen molar-refractivity contribution >= 4 is 5.69 Å². The SMILES string of the molecule is COc1cccc(-c2cc(N)ccc2F)n1. The summed E-state index contributed by atoms with van der Waals surface area (Å²) in [4.78, 5) is 4.15. The van der Waals surface area contributed by atoms with Gasteiger partial charge in [-0.15, -0.1) is 0 Å². The largest absolute Gasteiger partial charge is 0.481 e. The second-order valence-corrected chi connectivity index (χ2v) is 3.30. The molecule has 2 N–H and O–H groups in total. The van der Waals surface area contributed by atoms with Crippen LogP contribution in [0.15, 0.2) is 36.4 Å². The van der Waals surface area contributed by atoms with Gasteiger partial charge in [0, 0.05) is 17.3 Å². The Kier molecular flexibility index (Phi) is 2.72. The van der Waals surface area contributed by atoms with Crippen LogP contribution < -0.4 is 10.5 Å². The number of methoxy groups -OCH3 is 1. The van der Waals surface area contributed by atoms with Crippen LogP contribution in [0, 0.1) is 5.82 Å². The monoisotopic (exact) mass is 218 g/mol. The molecule has 0 radical (unpaired) electrons. The van der Waals surface area contributed by atoms with E-state index in [0.29, 0.717) is 22.8 Å². The highest BCUT2D eigenvalue weighted by molar-refractivity contribution is 5.65. The van der Waals surface area contributed by atoms with Gasteiger partial charge in [0.2, 0.25) is 5.88 Å². The molecule has 0 aliphatic heterocycles. The van der Waals surface area contributed by atoms with Gasteiger partial charge in [-0.2, -0.15) is 0 Å². The third kappa shape index (κ3) is 1.95. The number of hydrogen-bond acceptors (Lipinski definition) is 3. The Hall–Kier alpha value is -2.10. The van der Waals surface area contributed by atoms with Crippen LogP contribution in [0.25, 0.3) is 11.3 Å². The molecule has 4 heteroatoms. The van der Waals surface area contributed by atoms with E-state index in [2.05, 4.69) is 4.98 Å². The molecule has 0 aliphatic rings. The number of benzene rings is 1. The molecule has 1 heterocycles. The third-order valence-electron chi connectivity index (χ3n) is 2.20. The molecule has 2 aromatic rings. The average molecular weight is 218 g/mol. The number of aromatic nitrogens is 1. The third-order valence-corrected chi connectivity index (χ3v) is 2.20. The van der Waals surface area contributed by atoms with Crippen molar-refractivity contribution in [3.05, 3.63) is 42.2 Å². The topological polar surface area (TPSA) is 48.1 Å². The van der Waals surface area contributed by atoms with Crippen molar-refractivity contribution in [2.75, 3.05) is 12.8 Å². The van der Waals surface area contributed by atoms with Gasteiger partial charge in [0.1, 0.15) is 5.82 Å². The summed E-state index contributed by atoms with van der Waals surface area (Å²) in [6.45, 7) is 0. The van der Waals surface area contributed by atoms with Gasteiger partial charge in [-0.05, 0) is 24.3 Å². The van der Waals surface area contributed by atoms with Crippen LogP contribution in [0.4, 0.5) is 10.1 Å². The first-order valence-electron chi connectivity index (χ1n) is 4.77. The standard InChI is InChI=1S/C12H11FN2O/c1-16-12-4-2-3-11(15-12)9-7-8(14)5-6-10(9)13/h2-7H,14H2,1H3. The van der Waals surface area contributed by atoms with Crippen molar-refractivity contribution in [1.82, 2.24) is 4.98 Å². The Morgan fingerprint density at radius 1 is 1.25 bits per heavy atom. The van der Waals surface area contributed by atoms with E-state index in [0.717, 1.165) is 0 Å². The summed E-state index contributed by atoms with van der Waals surface area (Å²) in [6.07, 6.45) is 0. The zero-order valence-corrected chi connectivity index (χ0v) is 8.77. The lowest BCUT2D eigenvalue weighted by atomic mass is 10.1. The van der Waals surface area contributed by atoms with Gasteiger partial charge in [-0.25, -0.2) is 9.37 Å². The van der Waals surface area contributed by atoms with Crippen LogP contribution >= 0.6 is 0 Å². The summed E-state index contributed by atoms with van der Waals surface area (Å²) in [5.41, 5.74) is 6.99. The molecule has 0 bridgehead atoms. The molecular weight excluding hydrogens is 207 g/mol. The summed E-state index contributed by atoms with van der Waals surface area (Å²) < 4.78 is 18.5. The van der Waals surface area contributed by atoms with Crippen molar-refractivity contribution in [2.45, 2.75) is 0 Å². The summed E-state index contributed by atoms with van der Waals surface area (Å²) in [7, 11) is 1.52. The van der Waals surface area contributed by atoms with Crippen LogP contribution in [-0.2, 0) is 0 Å². The highest BCUT2D eigenvalue weighted by Crippen LogP contribution is 2.24. The second kappa shape index (κ2) is 4.18. The predicted molar refractivity (Wildman–Crippen MR) is 60.6 cm³/mol. The number of nitrogen functional groups attached to an aromatic ring is 1. The van der Waals surface area contributed by atoms with Gasteiger partial charge in [0.25, 0.3) is 0 Å². The Morgan fingerprint density at radius 3 is 2.81 bits per heavy atom. The van der Waals surface area contributed by atoms with Gasteiger partial charge in [-0.3, -0.25) is 0 Å². The van der Waals surface area contributed by atoms with E-state index in [1.165, 1.54) is 19.2 Å². The van der Waals surface area contributed by atoms with Crippen molar-refractivity contribution in [3.8, 4) is 17.1 Å². The smallest absolute Gasteiger partial charge is 0.213 e. The van der Waals surface area contributed by atoms with E-state index >= 15 is 0 Å². The van der Waals surface area contributed by atoms with Gasteiger partial charge in [0.05, 0.1) is 12.8 Å². The molecule has 0 aliphatic carbocycles. The second-order valence-electron chi connectivity index (χ2n) is 3.30. The minimum atomic E-state index is -0.352. The molecule has 16 heavy (non-hydrogen) atoms. The molecule has 0 unspecified atom stereocenters. The normalized spacial score (nSPS) is 10.1. The Morgan fingerprint density at radius 2 is 2.06 bits per heavy atom. The molecule has 0 atom stereocenters. The number of nitrogens with two attached hydrogens (primary N) is 1. The zero-order chi connectivity index (χ0) is 11.5. The molecule has 0 saturated heterocycles. The molecule has 0 spiro atoms. The lowest BCUT2D eigenvalue weighted by Crippen LogP contribution is -1.93. The fourth-order valence-corrected chi connectivity index (χ4v) is 1.42. The van der Waals surface area contributed by atoms with Crippen molar-refractivity contribution in [1.29, 1.82) is 0 Å². The van der Waals surface area contributed by atoms with Gasteiger partial charge < -0.3 is 10.5 Å². The van der Waals surface area contributed by atoms with Crippen LogP contribution in [0.5, 0.6) is 5.88 Å². The first-order chi connectivity index (χ1) is 7.70. The van der Waals surface area contributed by atoms with Crippen LogP contribution in [0.2, 0.25) is 0 Å². The summed E-state index contributed by atoms with van der Waals surface area (Å²) in [6, 6.07) is 9.56. The molecule has 1 aromatic carbocycles. The highest BCUT2D eigenvalue weighted by atomic mass is 19.1. The van der Waals surface area contributed by atoms with E-state index in [-0.39, 0.29) is 5.82 Å². The fourth-order valence-electron chi connectivity index (χ4n) is 1.42. The molecule has 3 nitrogen and oxygen atoms in total. The lowest BCUT2D eigenvalue weighted by Gasteiger charge is -2.05. The molecule has 82 valence electrons. The zero-order valence-electron chi connectivity index (χ0n) is 8.77. The van der Waals surface area contributed by atoms with Crippen LogP contribution in [-0.4, -0.2) is 12.1 Å². The van der Waals surface area contributed by atoms with E-state index < -0.39 is 0 Å². The van der Waals surface area contributed by atoms with Crippen molar-refractivity contribution in [3.63, 3.8) is 0 Å². The first-order valence-corrected chi connectivity index (χ1v) is 4.77. The number of rotatable bonds is 2. The van der Waals surface area contributed by atoms with E-state index in [1.807, 2.05) is 0 Å². The Balaban J connectivity index is 2.53. The number of pyridine rings is 1. The summed E-state index contributed by atoms with van der Waals surface area (Å²) in [5.74, 6) is 0.0919. The number of hydrogen-bond donors (Lipinski definition) is 1. The maximum absolute atomic E-state index is 13.6. The van der Waals surface area contributed by atoms with Gasteiger partial charge in [-0.1, -0.05) is 6.07 Å². The van der Waals surface area contributed by atoms with Crippen LogP contribution in [0.3, 0.4) is 0 Å². The number of nitrogens with zero attached hydrogens (tertiary/aromatic N) is 1. The highest BCUT2D eigenvalue weighted by Gasteiger charge is 2.07. The molecule has 2 rings (SSSR count). The van der Waals surface area contributed by atoms with E-state index in [4.69, 9.17) is 10.5 Å². The Bertz CT molecular complexity index is 514. The van der Waals surface area contributed by atoms with Crippen LogP contribution in [0.1, 0.15) is 0 Å². The Labute approximate surface area is 92.7 Å². The fraction of sp³-hybridized carbons (Fsp3) is 0.0833. The average Bonchev–Trinajstić information content (AvgIpc) is 2.32. The molecule has 1 aromatic heterocycles. The maximum atomic E-state index is 13.6. The summed E-state index contributed by atoms with van der Waals surface area (Å²) in [5, 5.41) is 0. The molecule has 0 fully saturated rings. The quantitative estimate of drug-likeness (QED) is 0.788. The molecule has 0 amide bonds. The minimum absolute atomic E-state index is 0.352.